The van der Waals surface area contributed by atoms with Gasteiger partial charge in [-0.25, -0.2) is 0 Å². The lowest BCUT2D eigenvalue weighted by atomic mass is 9.88. The number of tetrazole rings is 1. The van der Waals surface area contributed by atoms with Crippen LogP contribution in [0.5, 0.6) is 0 Å². The molecule has 3 rings (SSSR count). The highest BCUT2D eigenvalue weighted by Crippen LogP contribution is 2.26. The van der Waals surface area contributed by atoms with Gasteiger partial charge >= 0.3 is 0 Å². The molecule has 0 aliphatic heterocycles. The fourth-order valence-electron chi connectivity index (χ4n) is 3.06. The van der Waals surface area contributed by atoms with Gasteiger partial charge in [0.2, 0.25) is 5.91 Å². The zero-order chi connectivity index (χ0) is 16.8. The number of rotatable bonds is 6. The molecule has 1 aliphatic carbocycles. The summed E-state index contributed by atoms with van der Waals surface area (Å²) in [5.74, 6) is 1.07. The van der Waals surface area contributed by atoms with Gasteiger partial charge in [0.25, 0.3) is 0 Å². The second-order valence-corrected chi connectivity index (χ2v) is 6.36. The lowest BCUT2D eigenvalue weighted by Gasteiger charge is -2.28. The fourth-order valence-corrected chi connectivity index (χ4v) is 3.06. The minimum absolute atomic E-state index is 0.111. The van der Waals surface area contributed by atoms with Crippen LogP contribution in [-0.2, 0) is 16.0 Å². The van der Waals surface area contributed by atoms with E-state index < -0.39 is 0 Å². The first-order valence-corrected chi connectivity index (χ1v) is 8.43. The smallest absolute Gasteiger partial charge is 0.250 e. The van der Waals surface area contributed by atoms with Gasteiger partial charge in [0.15, 0.2) is 5.82 Å². The first-order valence-electron chi connectivity index (χ1n) is 8.43. The molecule has 1 aliphatic rings. The zero-order valence-corrected chi connectivity index (χ0v) is 13.9. The van der Waals surface area contributed by atoms with Gasteiger partial charge in [0.05, 0.1) is 6.10 Å². The molecule has 2 aromatic rings. The van der Waals surface area contributed by atoms with Gasteiger partial charge in [0, 0.05) is 12.1 Å². The van der Waals surface area contributed by atoms with Crippen LogP contribution in [0.25, 0.3) is 0 Å². The Balaban J connectivity index is 1.45. The maximum absolute atomic E-state index is 12.0. The topological polar surface area (TPSA) is 92.8 Å². The Kier molecular flexibility index (Phi) is 5.53. The number of carbonyl (C=O) groups excluding carboxylic acids is 1. The molecular formula is C17H23N5O2. The summed E-state index contributed by atoms with van der Waals surface area (Å²) in [6.07, 6.45) is 5.52. The van der Waals surface area contributed by atoms with Crippen molar-refractivity contribution in [3.63, 3.8) is 0 Å². The van der Waals surface area contributed by atoms with Crippen LogP contribution < -0.4 is 5.32 Å². The average Bonchev–Trinajstić information content (AvgIpc) is 3.09. The van der Waals surface area contributed by atoms with Crippen LogP contribution in [0.15, 0.2) is 24.3 Å². The van der Waals surface area contributed by atoms with E-state index in [9.17, 15) is 4.79 Å². The van der Waals surface area contributed by atoms with Crippen molar-refractivity contribution in [1.29, 1.82) is 0 Å². The predicted molar refractivity (Wildman–Crippen MR) is 89.4 cm³/mol. The average molecular weight is 329 g/mol. The highest BCUT2D eigenvalue weighted by atomic mass is 16.5. The molecule has 1 saturated carbocycles. The Hall–Kier alpha value is -2.28. The van der Waals surface area contributed by atoms with Crippen molar-refractivity contribution in [2.45, 2.75) is 45.1 Å². The third kappa shape index (κ3) is 4.61. The molecule has 1 aromatic carbocycles. The van der Waals surface area contributed by atoms with Crippen molar-refractivity contribution in [2.24, 2.45) is 5.92 Å². The standard InChI is InChI=1S/C17H23N5O2/c1-12-4-2-3-5-15(12)24-11-17(23)18-14-8-6-13(7-9-14)10-16-19-21-22-20-16/h6-9,12,15H,2-5,10-11H2,1H3,(H,18,23)(H,19,20,21,22)/t12-,15+/m1/s1. The summed E-state index contributed by atoms with van der Waals surface area (Å²) in [5, 5.41) is 16.7. The summed E-state index contributed by atoms with van der Waals surface area (Å²) in [4.78, 5) is 12.0. The number of H-pyrrole nitrogens is 1. The van der Waals surface area contributed by atoms with E-state index in [0.29, 0.717) is 18.2 Å². The van der Waals surface area contributed by atoms with Crippen molar-refractivity contribution in [3.8, 4) is 0 Å². The van der Waals surface area contributed by atoms with Gasteiger partial charge < -0.3 is 10.1 Å². The highest BCUT2D eigenvalue weighted by Gasteiger charge is 2.22. The van der Waals surface area contributed by atoms with Gasteiger partial charge in [-0.05, 0) is 36.5 Å². The summed E-state index contributed by atoms with van der Waals surface area (Å²) >= 11 is 0. The first kappa shape index (κ1) is 16.6. The van der Waals surface area contributed by atoms with E-state index in [1.54, 1.807) is 0 Å². The van der Waals surface area contributed by atoms with Gasteiger partial charge in [-0.2, -0.15) is 5.21 Å². The van der Waals surface area contributed by atoms with Crippen LogP contribution in [-0.4, -0.2) is 39.2 Å². The number of anilines is 1. The van der Waals surface area contributed by atoms with E-state index in [-0.39, 0.29) is 18.6 Å². The molecule has 2 N–H and O–H groups in total. The molecule has 1 fully saturated rings. The SMILES string of the molecule is C[C@@H]1CCCC[C@@H]1OCC(=O)Nc1ccc(Cc2nn[nH]n2)cc1. The molecule has 0 bridgehead atoms. The largest absolute Gasteiger partial charge is 0.368 e. The molecule has 7 heteroatoms. The van der Waals surface area contributed by atoms with Crippen molar-refractivity contribution in [3.05, 3.63) is 35.7 Å². The van der Waals surface area contributed by atoms with Crippen LogP contribution in [0.1, 0.15) is 44.0 Å². The van der Waals surface area contributed by atoms with Crippen molar-refractivity contribution < 1.29 is 9.53 Å². The maximum Gasteiger partial charge on any atom is 0.250 e. The monoisotopic (exact) mass is 329 g/mol. The lowest BCUT2D eigenvalue weighted by molar-refractivity contribution is -0.124. The summed E-state index contributed by atoms with van der Waals surface area (Å²) in [5.41, 5.74) is 1.82. The third-order valence-corrected chi connectivity index (χ3v) is 4.45. The summed E-state index contributed by atoms with van der Waals surface area (Å²) in [6.45, 7) is 2.31. The van der Waals surface area contributed by atoms with Gasteiger partial charge in [-0.3, -0.25) is 4.79 Å². The number of carbonyl (C=O) groups is 1. The summed E-state index contributed by atoms with van der Waals surface area (Å²) < 4.78 is 5.78. The van der Waals surface area contributed by atoms with Crippen LogP contribution >= 0.6 is 0 Å². The first-order chi connectivity index (χ1) is 11.7. The minimum atomic E-state index is -0.112. The van der Waals surface area contributed by atoms with Crippen LogP contribution in [0.3, 0.4) is 0 Å². The number of hydrogen-bond acceptors (Lipinski definition) is 5. The molecule has 2 atom stereocenters. The fraction of sp³-hybridized carbons (Fsp3) is 0.529. The second-order valence-electron chi connectivity index (χ2n) is 6.36. The second kappa shape index (κ2) is 8.01. The molecule has 128 valence electrons. The van der Waals surface area contributed by atoms with E-state index >= 15 is 0 Å². The number of nitrogens with zero attached hydrogens (tertiary/aromatic N) is 3. The highest BCUT2D eigenvalue weighted by molar-refractivity contribution is 5.91. The van der Waals surface area contributed by atoms with Gasteiger partial charge in [-0.15, -0.1) is 10.2 Å². The Labute approximate surface area is 141 Å². The van der Waals surface area contributed by atoms with E-state index in [2.05, 4.69) is 32.9 Å². The van der Waals surface area contributed by atoms with Crippen molar-refractivity contribution in [2.75, 3.05) is 11.9 Å². The lowest BCUT2D eigenvalue weighted by Crippen LogP contribution is -2.29. The maximum atomic E-state index is 12.0. The normalized spacial score (nSPS) is 20.7. The molecular weight excluding hydrogens is 306 g/mol. The van der Waals surface area contributed by atoms with Crippen LogP contribution in [0, 0.1) is 5.92 Å². The van der Waals surface area contributed by atoms with Crippen molar-refractivity contribution >= 4 is 11.6 Å². The molecule has 1 heterocycles. The quantitative estimate of drug-likeness (QED) is 0.848. The number of aromatic amines is 1. The summed E-state index contributed by atoms with van der Waals surface area (Å²) in [7, 11) is 0. The molecule has 0 radical (unpaired) electrons. The summed E-state index contributed by atoms with van der Waals surface area (Å²) in [6, 6.07) is 7.62. The Morgan fingerprint density at radius 1 is 1.29 bits per heavy atom. The Bertz CT molecular complexity index is 642. The number of benzene rings is 1. The van der Waals surface area contributed by atoms with E-state index in [0.717, 1.165) is 17.7 Å². The van der Waals surface area contributed by atoms with Gasteiger partial charge in [-0.1, -0.05) is 37.1 Å². The van der Waals surface area contributed by atoms with Crippen molar-refractivity contribution in [1.82, 2.24) is 20.6 Å². The molecule has 1 aromatic heterocycles. The van der Waals surface area contributed by atoms with Gasteiger partial charge in [0.1, 0.15) is 6.61 Å². The molecule has 7 nitrogen and oxygen atoms in total. The molecule has 0 unspecified atom stereocenters. The zero-order valence-electron chi connectivity index (χ0n) is 13.9. The number of nitrogens with one attached hydrogen (secondary N) is 2. The Morgan fingerprint density at radius 2 is 2.08 bits per heavy atom. The number of amides is 1. The van der Waals surface area contributed by atoms with E-state index in [1.807, 2.05) is 24.3 Å². The molecule has 24 heavy (non-hydrogen) atoms. The minimum Gasteiger partial charge on any atom is -0.368 e. The Morgan fingerprint density at radius 3 is 2.79 bits per heavy atom. The number of aromatic nitrogens is 4. The third-order valence-electron chi connectivity index (χ3n) is 4.45. The van der Waals surface area contributed by atoms with E-state index in [4.69, 9.17) is 4.74 Å². The number of hydrogen-bond donors (Lipinski definition) is 2. The van der Waals surface area contributed by atoms with Crippen LogP contribution in [0.4, 0.5) is 5.69 Å². The molecule has 1 amide bonds. The predicted octanol–water partition coefficient (Wildman–Crippen LogP) is 2.32. The molecule has 0 spiro atoms. The number of ether oxygens (including phenoxy) is 1. The van der Waals surface area contributed by atoms with Crippen LogP contribution in [0.2, 0.25) is 0 Å². The van der Waals surface area contributed by atoms with E-state index in [1.165, 1.54) is 19.3 Å². The molecule has 0 saturated heterocycles.